The predicted octanol–water partition coefficient (Wildman–Crippen LogP) is 7.12. The van der Waals surface area contributed by atoms with E-state index in [0.717, 1.165) is 94.0 Å². The van der Waals surface area contributed by atoms with Crippen LogP contribution in [0.1, 0.15) is 73.1 Å². The van der Waals surface area contributed by atoms with Crippen molar-refractivity contribution in [1.29, 1.82) is 5.26 Å². The Labute approximate surface area is 301 Å². The van der Waals surface area contributed by atoms with E-state index >= 15 is 0 Å². The van der Waals surface area contributed by atoms with Crippen LogP contribution in [-0.4, -0.2) is 93.2 Å². The Balaban J connectivity index is 0.920. The average molecular weight is 721 g/mol. The Morgan fingerprint density at radius 3 is 2.45 bits per heavy atom. The highest BCUT2D eigenvalue weighted by Gasteiger charge is 2.30. The van der Waals surface area contributed by atoms with Crippen LogP contribution in [0.4, 0.5) is 19.0 Å². The lowest BCUT2D eigenvalue weighted by molar-refractivity contribution is -0.134. The Morgan fingerprint density at radius 1 is 0.961 bits per heavy atom. The van der Waals surface area contributed by atoms with E-state index in [1.54, 1.807) is 6.07 Å². The summed E-state index contributed by atoms with van der Waals surface area (Å²) in [6, 6.07) is 10.5. The molecule has 0 spiro atoms. The molecule has 7 rings (SSSR count). The second-order valence-corrected chi connectivity index (χ2v) is 15.8. The van der Waals surface area contributed by atoms with Gasteiger partial charge in [-0.15, -0.1) is 11.3 Å². The summed E-state index contributed by atoms with van der Waals surface area (Å²) in [6.07, 6.45) is 4.93. The molecule has 1 saturated carbocycles. The van der Waals surface area contributed by atoms with Gasteiger partial charge < -0.3 is 14.8 Å². The fraction of sp³-hybridized carbons (Fsp3) is 0.579. The number of carbonyl (C=O) groups is 1. The van der Waals surface area contributed by atoms with E-state index in [1.807, 2.05) is 6.07 Å². The van der Waals surface area contributed by atoms with E-state index in [4.69, 9.17) is 0 Å². The fourth-order valence-electron chi connectivity index (χ4n) is 8.23. The Hall–Kier alpha value is -3.73. The molecule has 9 nitrogen and oxygen atoms in total. The van der Waals surface area contributed by atoms with E-state index in [1.165, 1.54) is 49.6 Å². The first-order valence-electron chi connectivity index (χ1n) is 18.4. The molecule has 13 heteroatoms. The topological polar surface area (TPSA) is 93.3 Å². The molecule has 0 bridgehead atoms. The molecular weight excluding hydrogens is 674 g/mol. The number of aryl methyl sites for hydroxylation is 1. The van der Waals surface area contributed by atoms with Crippen LogP contribution in [0.25, 0.3) is 21.1 Å². The third-order valence-corrected chi connectivity index (χ3v) is 12.3. The molecule has 1 aromatic carbocycles. The van der Waals surface area contributed by atoms with Crippen LogP contribution >= 0.6 is 11.3 Å². The number of hydrogen-bond acceptors (Lipinski definition) is 8. The van der Waals surface area contributed by atoms with Gasteiger partial charge in [-0.3, -0.25) is 14.6 Å². The number of likely N-dealkylation sites (tertiary alicyclic amines) is 1. The quantitative estimate of drug-likeness (QED) is 0.187. The smallest absolute Gasteiger partial charge is 0.367 e. The largest absolute Gasteiger partial charge is 0.393 e. The molecule has 1 N–H and O–H groups in total. The molecule has 3 fully saturated rings. The summed E-state index contributed by atoms with van der Waals surface area (Å²) in [5, 5.41) is 15.3. The van der Waals surface area contributed by atoms with Gasteiger partial charge in [0.25, 0.3) is 0 Å². The van der Waals surface area contributed by atoms with E-state index in [9.17, 15) is 23.2 Å². The lowest BCUT2D eigenvalue weighted by atomic mass is 9.86. The highest BCUT2D eigenvalue weighted by atomic mass is 32.1. The van der Waals surface area contributed by atoms with Crippen molar-refractivity contribution in [3.05, 3.63) is 52.3 Å². The second-order valence-electron chi connectivity index (χ2n) is 14.6. The number of nitrogens with zero attached hydrogens (tertiary/aromatic N) is 7. The molecule has 1 amide bonds. The number of nitrogens with one attached hydrogen (secondary N) is 1. The van der Waals surface area contributed by atoms with Crippen LogP contribution in [-0.2, 0) is 24.3 Å². The number of piperazine rings is 1. The zero-order chi connectivity index (χ0) is 35.5. The number of fused-ring (bicyclic) bond motifs is 2. The summed E-state index contributed by atoms with van der Waals surface area (Å²) in [5.74, 6) is 1.49. The summed E-state index contributed by atoms with van der Waals surface area (Å²) in [6.45, 7) is 9.61. The molecule has 1 aliphatic carbocycles. The molecule has 5 heterocycles. The standard InChI is InChI=1S/C38H47F3N8OS/c1-26-28(24-47-11-9-29(10-12-47)45-36-33-21-31(22-38(39,40)41)51-37(33)44-25-43-36)7-8-34-32(26)20-30(23-42)49(34)18-15-46-13-16-48(17-14-46)35(50)19-27-5-3-2-4-6-27/h7-8,20-21,25,27,29H,2-6,9-19,22,24H2,1H3,(H,43,44,45). The fourth-order valence-corrected chi connectivity index (χ4v) is 9.26. The molecule has 3 aromatic heterocycles. The first-order chi connectivity index (χ1) is 24.6. The summed E-state index contributed by atoms with van der Waals surface area (Å²) < 4.78 is 41.1. The maximum Gasteiger partial charge on any atom is 0.393 e. The third kappa shape index (κ3) is 8.50. The number of aromatic nitrogens is 3. The van der Waals surface area contributed by atoms with E-state index < -0.39 is 12.6 Å². The van der Waals surface area contributed by atoms with Gasteiger partial charge in [0, 0.05) is 87.1 Å². The molecule has 0 atom stereocenters. The molecule has 272 valence electrons. The van der Waals surface area contributed by atoms with Gasteiger partial charge >= 0.3 is 6.18 Å². The number of amides is 1. The van der Waals surface area contributed by atoms with Crippen molar-refractivity contribution in [2.75, 3.05) is 51.1 Å². The maximum atomic E-state index is 13.0. The molecule has 2 saturated heterocycles. The van der Waals surface area contributed by atoms with E-state index in [-0.39, 0.29) is 10.9 Å². The zero-order valence-corrected chi connectivity index (χ0v) is 30.2. The molecule has 0 radical (unpaired) electrons. The van der Waals surface area contributed by atoms with Crippen LogP contribution in [0.15, 0.2) is 30.6 Å². The van der Waals surface area contributed by atoms with Gasteiger partial charge in [0.05, 0.1) is 11.8 Å². The molecule has 4 aromatic rings. The van der Waals surface area contributed by atoms with Crippen LogP contribution in [0.2, 0.25) is 0 Å². The molecule has 3 aliphatic rings. The average Bonchev–Trinajstić information content (AvgIpc) is 3.70. The summed E-state index contributed by atoms with van der Waals surface area (Å²) in [4.78, 5) is 29.2. The molecule has 51 heavy (non-hydrogen) atoms. The maximum absolute atomic E-state index is 13.0. The molecular formula is C38H47F3N8OS. The van der Waals surface area contributed by atoms with Crippen molar-refractivity contribution in [3.63, 3.8) is 0 Å². The Morgan fingerprint density at radius 2 is 1.73 bits per heavy atom. The number of nitriles is 1. The van der Waals surface area contributed by atoms with Crippen LogP contribution < -0.4 is 5.32 Å². The SMILES string of the molecule is Cc1c(CN2CCC(Nc3ncnc4sc(CC(F)(F)F)cc34)CC2)ccc2c1cc(C#N)n2CCN1CCN(C(=O)CC2CCCCC2)CC1. The molecule has 0 unspecified atom stereocenters. The zero-order valence-electron chi connectivity index (χ0n) is 29.4. The number of piperidine rings is 1. The minimum Gasteiger partial charge on any atom is -0.367 e. The van der Waals surface area contributed by atoms with Crippen LogP contribution in [0.5, 0.6) is 0 Å². The highest BCUT2D eigenvalue weighted by molar-refractivity contribution is 7.18. The van der Waals surface area contributed by atoms with Crippen molar-refractivity contribution < 1.29 is 18.0 Å². The number of carbonyl (C=O) groups excluding carboxylic acids is 1. The minimum atomic E-state index is -4.26. The monoisotopic (exact) mass is 720 g/mol. The Kier molecular flexibility index (Phi) is 10.8. The van der Waals surface area contributed by atoms with Gasteiger partial charge in [-0.25, -0.2) is 9.97 Å². The van der Waals surface area contributed by atoms with Crippen LogP contribution in [0, 0.1) is 24.2 Å². The molecule has 2 aliphatic heterocycles. The number of hydrogen-bond donors (Lipinski definition) is 1. The van der Waals surface area contributed by atoms with Crippen LogP contribution in [0.3, 0.4) is 0 Å². The van der Waals surface area contributed by atoms with E-state index in [2.05, 4.69) is 59.7 Å². The normalized spacial score (nSPS) is 18.8. The van der Waals surface area contributed by atoms with Gasteiger partial charge in [-0.2, -0.15) is 18.4 Å². The lowest BCUT2D eigenvalue weighted by Gasteiger charge is -2.36. The predicted molar refractivity (Wildman–Crippen MR) is 195 cm³/mol. The number of rotatable bonds is 10. The first kappa shape index (κ1) is 35.7. The van der Waals surface area contributed by atoms with Gasteiger partial charge in [-0.1, -0.05) is 25.3 Å². The first-order valence-corrected chi connectivity index (χ1v) is 19.3. The summed E-state index contributed by atoms with van der Waals surface area (Å²) in [7, 11) is 0. The minimum absolute atomic E-state index is 0.172. The third-order valence-electron chi connectivity index (χ3n) is 11.2. The lowest BCUT2D eigenvalue weighted by Crippen LogP contribution is -2.49. The highest BCUT2D eigenvalue weighted by Crippen LogP contribution is 2.34. The van der Waals surface area contributed by atoms with Crippen molar-refractivity contribution in [2.45, 2.75) is 90.0 Å². The van der Waals surface area contributed by atoms with Gasteiger partial charge in [0.15, 0.2) is 0 Å². The van der Waals surface area contributed by atoms with Crippen molar-refractivity contribution >= 4 is 44.2 Å². The Bertz CT molecular complexity index is 1880. The number of thiophene rings is 1. The van der Waals surface area contributed by atoms with E-state index in [0.29, 0.717) is 40.0 Å². The number of anilines is 1. The van der Waals surface area contributed by atoms with Gasteiger partial charge in [-0.05, 0) is 67.9 Å². The van der Waals surface area contributed by atoms with Gasteiger partial charge in [0.2, 0.25) is 5.91 Å². The van der Waals surface area contributed by atoms with Crippen molar-refractivity contribution in [2.24, 2.45) is 5.92 Å². The van der Waals surface area contributed by atoms with Crippen molar-refractivity contribution in [1.82, 2.24) is 29.2 Å². The number of benzene rings is 1. The van der Waals surface area contributed by atoms with Crippen molar-refractivity contribution in [3.8, 4) is 6.07 Å². The summed E-state index contributed by atoms with van der Waals surface area (Å²) >= 11 is 1.07. The number of alkyl halides is 3. The number of halogens is 3. The second kappa shape index (κ2) is 15.5. The summed E-state index contributed by atoms with van der Waals surface area (Å²) in [5.41, 5.74) is 4.20. The van der Waals surface area contributed by atoms with Gasteiger partial charge in [0.1, 0.15) is 28.7 Å².